The number of nitrogens with one attached hydrogen (secondary N) is 2. The minimum atomic E-state index is -1.57. The van der Waals surface area contributed by atoms with Crippen molar-refractivity contribution in [2.24, 2.45) is 5.92 Å². The van der Waals surface area contributed by atoms with E-state index in [4.69, 9.17) is 9.84 Å². The number of aliphatic hydroxyl groups is 3. The third kappa shape index (κ3) is 11.8. The molecule has 3 atom stereocenters. The number of carboxylic acid groups (broad SMARTS) is 1. The lowest BCUT2D eigenvalue weighted by atomic mass is 9.72. The van der Waals surface area contributed by atoms with Crippen molar-refractivity contribution in [3.8, 4) is 0 Å². The Labute approximate surface area is 330 Å². The number of amides is 1. The highest BCUT2D eigenvalue weighted by atomic mass is 16.5. The molecule has 0 saturated carbocycles. The van der Waals surface area contributed by atoms with E-state index in [9.17, 15) is 34.5 Å². The van der Waals surface area contributed by atoms with E-state index in [1.165, 1.54) is 14.0 Å². The number of ether oxygens (including phenoxy) is 1. The maximum Gasteiger partial charge on any atom is 0.306 e. The third-order valence-corrected chi connectivity index (χ3v) is 11.2. The summed E-state index contributed by atoms with van der Waals surface area (Å²) in [4.78, 5) is 52.0. The van der Waals surface area contributed by atoms with Gasteiger partial charge in [-0.2, -0.15) is 0 Å². The standard InChI is InChI=1S/C44H59N3O9/c1-30(48)36(46-41(52)37(45-4)21-23-39(49)50)22-24-40(51)56-38(31-17-19-32(20-18-31)43(2,3)42(53)54)16-11-27-47-28-25-35(26-29-47)44(55,33-12-7-5-8-13-33)34-14-9-6-10-15-34/h5-10,12-15,17-20,35-38,42,45,53-55H,11,16,21-29H2,1-4H3,(H,46,52)(H,49,50). The Morgan fingerprint density at radius 1 is 0.804 bits per heavy atom. The maximum atomic E-state index is 13.3. The number of piperidine rings is 1. The molecular formula is C44H59N3O9. The molecule has 3 unspecified atom stereocenters. The molecule has 1 amide bonds. The van der Waals surface area contributed by atoms with Gasteiger partial charge in [0.2, 0.25) is 5.91 Å². The Kier molecular flexibility index (Phi) is 16.3. The van der Waals surface area contributed by atoms with Gasteiger partial charge < -0.3 is 40.7 Å². The van der Waals surface area contributed by atoms with Gasteiger partial charge in [0.15, 0.2) is 12.1 Å². The van der Waals surface area contributed by atoms with Gasteiger partial charge in [-0.05, 0) is 100 Å². The molecule has 1 aliphatic rings. The number of esters is 1. The second kappa shape index (κ2) is 20.6. The van der Waals surface area contributed by atoms with E-state index < -0.39 is 53.3 Å². The van der Waals surface area contributed by atoms with Crippen molar-refractivity contribution in [2.75, 3.05) is 26.7 Å². The first-order chi connectivity index (χ1) is 26.7. The Morgan fingerprint density at radius 2 is 1.36 bits per heavy atom. The fraction of sp³-hybridized carbons (Fsp3) is 0.500. The summed E-state index contributed by atoms with van der Waals surface area (Å²) in [6, 6.07) is 25.2. The lowest BCUT2D eigenvalue weighted by Gasteiger charge is -2.42. The Bertz CT molecular complexity index is 1670. The number of aliphatic hydroxyl groups excluding tert-OH is 1. The van der Waals surface area contributed by atoms with Crippen molar-refractivity contribution in [3.63, 3.8) is 0 Å². The Balaban J connectivity index is 1.40. The average Bonchev–Trinajstić information content (AvgIpc) is 3.19. The number of carbonyl (C=O) groups is 4. The minimum absolute atomic E-state index is 0.0107. The third-order valence-electron chi connectivity index (χ3n) is 11.2. The van der Waals surface area contributed by atoms with Gasteiger partial charge in [-0.25, -0.2) is 0 Å². The van der Waals surface area contributed by atoms with Gasteiger partial charge in [0.05, 0.1) is 12.1 Å². The number of nitrogens with zero attached hydrogens (tertiary/aromatic N) is 1. The predicted molar refractivity (Wildman–Crippen MR) is 212 cm³/mol. The summed E-state index contributed by atoms with van der Waals surface area (Å²) in [5.74, 6) is -2.42. The number of ketones is 1. The number of likely N-dealkylation sites (N-methyl/N-ethyl adjacent to an activating group) is 1. The first kappa shape index (κ1) is 44.3. The molecule has 1 saturated heterocycles. The highest BCUT2D eigenvalue weighted by Gasteiger charge is 2.41. The van der Waals surface area contributed by atoms with E-state index in [1.54, 1.807) is 26.0 Å². The SMILES string of the molecule is CNC(CCC(=O)O)C(=O)NC(CCC(=O)OC(CCCN1CCC(C(O)(c2ccccc2)c2ccccc2)CC1)c1ccc(C(C)(C)C(O)O)cc1)C(C)=O. The maximum absolute atomic E-state index is 13.3. The van der Waals surface area contributed by atoms with Crippen LogP contribution in [0.5, 0.6) is 0 Å². The molecule has 12 heteroatoms. The number of hydrogen-bond donors (Lipinski definition) is 6. The quantitative estimate of drug-likeness (QED) is 0.0657. The van der Waals surface area contributed by atoms with Gasteiger partial charge in [0, 0.05) is 18.3 Å². The van der Waals surface area contributed by atoms with Crippen LogP contribution in [0.15, 0.2) is 84.9 Å². The zero-order valence-electron chi connectivity index (χ0n) is 33.0. The summed E-state index contributed by atoms with van der Waals surface area (Å²) in [7, 11) is 1.53. The fourth-order valence-corrected chi connectivity index (χ4v) is 7.47. The molecule has 56 heavy (non-hydrogen) atoms. The van der Waals surface area contributed by atoms with E-state index >= 15 is 0 Å². The smallest absolute Gasteiger partial charge is 0.306 e. The molecule has 6 N–H and O–H groups in total. The molecule has 0 radical (unpaired) electrons. The zero-order valence-corrected chi connectivity index (χ0v) is 33.0. The van der Waals surface area contributed by atoms with E-state index in [0.29, 0.717) is 18.4 Å². The Hall–Kier alpha value is -4.46. The van der Waals surface area contributed by atoms with Crippen LogP contribution in [0.3, 0.4) is 0 Å². The molecule has 1 aliphatic heterocycles. The number of Topliss-reactive ketones (excluding diaryl/α,β-unsaturated/α-hetero) is 1. The number of carbonyl (C=O) groups excluding carboxylic acids is 3. The van der Waals surface area contributed by atoms with Gasteiger partial charge in [0.1, 0.15) is 11.7 Å². The fourth-order valence-electron chi connectivity index (χ4n) is 7.47. The molecule has 1 fully saturated rings. The molecule has 1 heterocycles. The molecule has 0 bridgehead atoms. The number of benzene rings is 3. The van der Waals surface area contributed by atoms with Crippen molar-refractivity contribution in [2.45, 2.75) is 108 Å². The minimum Gasteiger partial charge on any atom is -0.481 e. The number of aliphatic carboxylic acids is 1. The summed E-state index contributed by atoms with van der Waals surface area (Å²) in [6.07, 6.45) is 0.324. The van der Waals surface area contributed by atoms with Gasteiger partial charge in [0.25, 0.3) is 0 Å². The van der Waals surface area contributed by atoms with Crippen LogP contribution in [0.4, 0.5) is 0 Å². The average molecular weight is 774 g/mol. The molecule has 12 nitrogen and oxygen atoms in total. The normalized spacial score (nSPS) is 15.9. The van der Waals surface area contributed by atoms with Gasteiger partial charge in [-0.3, -0.25) is 19.2 Å². The van der Waals surface area contributed by atoms with Crippen molar-refractivity contribution in [1.82, 2.24) is 15.5 Å². The van der Waals surface area contributed by atoms with Crippen molar-refractivity contribution in [1.29, 1.82) is 0 Å². The molecular weight excluding hydrogens is 714 g/mol. The van der Waals surface area contributed by atoms with Crippen molar-refractivity contribution >= 4 is 23.6 Å². The molecule has 0 aromatic heterocycles. The number of hydrogen-bond acceptors (Lipinski definition) is 10. The first-order valence-electron chi connectivity index (χ1n) is 19.6. The molecule has 304 valence electrons. The van der Waals surface area contributed by atoms with E-state index in [-0.39, 0.29) is 37.4 Å². The summed E-state index contributed by atoms with van der Waals surface area (Å²) in [5.41, 5.74) is 1.18. The van der Waals surface area contributed by atoms with E-state index in [0.717, 1.165) is 49.2 Å². The van der Waals surface area contributed by atoms with Crippen LogP contribution in [0.25, 0.3) is 0 Å². The highest BCUT2D eigenvalue weighted by molar-refractivity contribution is 5.90. The molecule has 4 rings (SSSR count). The van der Waals surface area contributed by atoms with Crippen LogP contribution in [-0.2, 0) is 34.9 Å². The van der Waals surface area contributed by atoms with Crippen LogP contribution in [0.1, 0.15) is 100 Å². The van der Waals surface area contributed by atoms with Gasteiger partial charge in [-0.15, -0.1) is 0 Å². The summed E-state index contributed by atoms with van der Waals surface area (Å²) < 4.78 is 6.04. The first-order valence-corrected chi connectivity index (χ1v) is 19.6. The van der Waals surface area contributed by atoms with Crippen LogP contribution in [0, 0.1) is 5.92 Å². The van der Waals surface area contributed by atoms with E-state index in [1.807, 2.05) is 72.8 Å². The molecule has 3 aromatic rings. The number of rotatable bonds is 21. The second-order valence-corrected chi connectivity index (χ2v) is 15.4. The highest BCUT2D eigenvalue weighted by Crippen LogP contribution is 2.42. The summed E-state index contributed by atoms with van der Waals surface area (Å²) in [5, 5.41) is 46.6. The topological polar surface area (TPSA) is 186 Å². The van der Waals surface area contributed by atoms with Crippen molar-refractivity contribution in [3.05, 3.63) is 107 Å². The summed E-state index contributed by atoms with van der Waals surface area (Å²) in [6.45, 7) is 7.13. The van der Waals surface area contributed by atoms with Gasteiger partial charge >= 0.3 is 11.9 Å². The lowest BCUT2D eigenvalue weighted by Crippen LogP contribution is -2.49. The van der Waals surface area contributed by atoms with Crippen molar-refractivity contribution < 1.29 is 44.3 Å². The predicted octanol–water partition coefficient (Wildman–Crippen LogP) is 4.59. The Morgan fingerprint density at radius 3 is 1.86 bits per heavy atom. The molecule has 0 aliphatic carbocycles. The largest absolute Gasteiger partial charge is 0.481 e. The lowest BCUT2D eigenvalue weighted by molar-refractivity contribution is -0.150. The van der Waals surface area contributed by atoms with E-state index in [2.05, 4.69) is 15.5 Å². The number of likely N-dealkylation sites (tertiary alicyclic amines) is 1. The zero-order chi connectivity index (χ0) is 40.9. The molecule has 3 aromatic carbocycles. The van der Waals surface area contributed by atoms with Crippen LogP contribution in [-0.4, -0.2) is 94.0 Å². The molecule has 0 spiro atoms. The van der Waals surface area contributed by atoms with Crippen LogP contribution >= 0.6 is 0 Å². The van der Waals surface area contributed by atoms with Crippen LogP contribution < -0.4 is 10.6 Å². The number of carboxylic acids is 1. The van der Waals surface area contributed by atoms with Crippen LogP contribution in [0.2, 0.25) is 0 Å². The summed E-state index contributed by atoms with van der Waals surface area (Å²) >= 11 is 0. The second-order valence-electron chi connectivity index (χ2n) is 15.4. The monoisotopic (exact) mass is 773 g/mol. The van der Waals surface area contributed by atoms with Gasteiger partial charge in [-0.1, -0.05) is 98.8 Å².